The number of benzene rings is 1. The molecule has 0 bridgehead atoms. The van der Waals surface area contributed by atoms with Gasteiger partial charge in [-0.05, 0) is 62.4 Å². The Morgan fingerprint density at radius 2 is 1.95 bits per heavy atom. The molecular weight excluding hydrogens is 584 g/mol. The standard InChI is InChI=1S/C27H26N6O7S2/c1-2-39-26(36)23-18-6-3-4-8-20(18)42-25(23)29-22(34)15-41-27-31-30-21(14-28-24(35)19-7-5-13-40-19)32(27)16-9-11-17(12-10-16)33(37)38/h5,7,9-13H,2-4,6,8,14-15H2,1H3,(H,28,35)(H,29,34). The van der Waals surface area contributed by atoms with Crippen LogP contribution in [-0.2, 0) is 28.9 Å². The lowest BCUT2D eigenvalue weighted by molar-refractivity contribution is -0.384. The van der Waals surface area contributed by atoms with Gasteiger partial charge in [0.05, 0.1) is 35.7 Å². The van der Waals surface area contributed by atoms with E-state index >= 15 is 0 Å². The minimum absolute atomic E-state index is 0.0279. The predicted octanol–water partition coefficient (Wildman–Crippen LogP) is 4.55. The number of thioether (sulfide) groups is 1. The Labute approximate surface area is 247 Å². The first kappa shape index (κ1) is 29.0. The van der Waals surface area contributed by atoms with Crippen molar-refractivity contribution >= 4 is 51.6 Å². The molecule has 3 aromatic heterocycles. The number of fused-ring (bicyclic) bond motifs is 1. The molecule has 3 heterocycles. The first-order valence-electron chi connectivity index (χ1n) is 13.1. The number of nitrogens with one attached hydrogen (secondary N) is 2. The molecule has 1 aliphatic rings. The van der Waals surface area contributed by atoms with E-state index in [2.05, 4.69) is 20.8 Å². The second-order valence-corrected chi connectivity index (χ2v) is 11.2. The first-order chi connectivity index (χ1) is 20.4. The fourth-order valence-electron chi connectivity index (χ4n) is 4.51. The van der Waals surface area contributed by atoms with Crippen LogP contribution in [-0.4, -0.2) is 49.8 Å². The van der Waals surface area contributed by atoms with Crippen molar-refractivity contribution in [3.05, 3.63) is 80.4 Å². The summed E-state index contributed by atoms with van der Waals surface area (Å²) in [6.45, 7) is 1.94. The number of aryl methyl sites for hydroxylation is 1. The Kier molecular flexibility index (Phi) is 8.97. The summed E-state index contributed by atoms with van der Waals surface area (Å²) in [5.41, 5.74) is 1.79. The van der Waals surface area contributed by atoms with E-state index in [9.17, 15) is 24.5 Å². The number of amides is 2. The quantitative estimate of drug-likeness (QED) is 0.106. The van der Waals surface area contributed by atoms with Gasteiger partial charge in [0.25, 0.3) is 11.6 Å². The molecule has 218 valence electrons. The van der Waals surface area contributed by atoms with E-state index in [-0.39, 0.29) is 36.3 Å². The second kappa shape index (κ2) is 13.0. The van der Waals surface area contributed by atoms with Crippen LogP contribution in [0.4, 0.5) is 10.7 Å². The number of furan rings is 1. The highest BCUT2D eigenvalue weighted by atomic mass is 32.2. The number of esters is 1. The molecule has 2 amide bonds. The van der Waals surface area contributed by atoms with Crippen LogP contribution < -0.4 is 10.6 Å². The van der Waals surface area contributed by atoms with Gasteiger partial charge in [-0.15, -0.1) is 21.5 Å². The Hall–Kier alpha value is -4.50. The zero-order chi connectivity index (χ0) is 29.6. The number of nitro benzene ring substituents is 1. The van der Waals surface area contributed by atoms with Gasteiger partial charge in [-0.1, -0.05) is 11.8 Å². The molecule has 0 aliphatic heterocycles. The van der Waals surface area contributed by atoms with Gasteiger partial charge in [0.15, 0.2) is 16.7 Å². The van der Waals surface area contributed by atoms with E-state index in [0.717, 1.165) is 47.9 Å². The zero-order valence-electron chi connectivity index (χ0n) is 22.5. The van der Waals surface area contributed by atoms with E-state index in [1.54, 1.807) is 17.6 Å². The summed E-state index contributed by atoms with van der Waals surface area (Å²) in [6, 6.07) is 8.87. The smallest absolute Gasteiger partial charge is 0.341 e. The number of carbonyl (C=O) groups is 3. The molecule has 0 radical (unpaired) electrons. The largest absolute Gasteiger partial charge is 0.462 e. The lowest BCUT2D eigenvalue weighted by Crippen LogP contribution is -2.24. The van der Waals surface area contributed by atoms with Crippen molar-refractivity contribution in [2.75, 3.05) is 17.7 Å². The molecule has 1 aliphatic carbocycles. The molecule has 0 saturated heterocycles. The molecular formula is C27H26N6O7S2. The van der Waals surface area contributed by atoms with Crippen LogP contribution in [0.15, 0.2) is 52.2 Å². The number of hydrogen-bond donors (Lipinski definition) is 2. The Morgan fingerprint density at radius 1 is 1.17 bits per heavy atom. The monoisotopic (exact) mass is 610 g/mol. The van der Waals surface area contributed by atoms with Crippen molar-refractivity contribution in [3.8, 4) is 5.69 Å². The van der Waals surface area contributed by atoms with Crippen LogP contribution >= 0.6 is 23.1 Å². The van der Waals surface area contributed by atoms with Crippen molar-refractivity contribution in [3.63, 3.8) is 0 Å². The van der Waals surface area contributed by atoms with Crippen LogP contribution in [0.5, 0.6) is 0 Å². The zero-order valence-corrected chi connectivity index (χ0v) is 24.1. The third-order valence-electron chi connectivity index (χ3n) is 6.41. The normalized spacial score (nSPS) is 12.4. The minimum Gasteiger partial charge on any atom is -0.462 e. The predicted molar refractivity (Wildman–Crippen MR) is 154 cm³/mol. The van der Waals surface area contributed by atoms with E-state index in [0.29, 0.717) is 27.2 Å². The fraction of sp³-hybridized carbons (Fsp3) is 0.296. The minimum atomic E-state index is -0.507. The molecule has 0 saturated carbocycles. The van der Waals surface area contributed by atoms with E-state index in [1.807, 2.05) is 0 Å². The maximum Gasteiger partial charge on any atom is 0.341 e. The van der Waals surface area contributed by atoms with Crippen LogP contribution in [0, 0.1) is 10.1 Å². The highest BCUT2D eigenvalue weighted by Crippen LogP contribution is 2.38. The Morgan fingerprint density at radius 3 is 2.67 bits per heavy atom. The van der Waals surface area contributed by atoms with Gasteiger partial charge in [-0.25, -0.2) is 4.79 Å². The van der Waals surface area contributed by atoms with Gasteiger partial charge >= 0.3 is 5.97 Å². The number of ether oxygens (including phenoxy) is 1. The maximum atomic E-state index is 13.1. The number of nitro groups is 1. The van der Waals surface area contributed by atoms with Crippen LogP contribution in [0.2, 0.25) is 0 Å². The highest BCUT2D eigenvalue weighted by molar-refractivity contribution is 7.99. The molecule has 1 aromatic carbocycles. The van der Waals surface area contributed by atoms with Gasteiger partial charge in [0.2, 0.25) is 5.91 Å². The van der Waals surface area contributed by atoms with E-state index < -0.39 is 16.8 Å². The summed E-state index contributed by atoms with van der Waals surface area (Å²) in [6.07, 6.45) is 5.01. The molecule has 15 heteroatoms. The van der Waals surface area contributed by atoms with E-state index in [1.165, 1.54) is 47.9 Å². The molecule has 2 N–H and O–H groups in total. The van der Waals surface area contributed by atoms with Gasteiger partial charge in [-0.2, -0.15) is 0 Å². The highest BCUT2D eigenvalue weighted by Gasteiger charge is 2.27. The van der Waals surface area contributed by atoms with Crippen molar-refractivity contribution in [1.82, 2.24) is 20.1 Å². The van der Waals surface area contributed by atoms with E-state index in [4.69, 9.17) is 9.15 Å². The number of aromatic nitrogens is 3. The number of thiophene rings is 1. The maximum absolute atomic E-state index is 13.1. The van der Waals surface area contributed by atoms with Crippen molar-refractivity contribution in [2.24, 2.45) is 0 Å². The summed E-state index contributed by atoms with van der Waals surface area (Å²) in [4.78, 5) is 50.0. The van der Waals surface area contributed by atoms with Gasteiger partial charge in [0.1, 0.15) is 5.00 Å². The second-order valence-electron chi connectivity index (χ2n) is 9.14. The third kappa shape index (κ3) is 6.36. The van der Waals surface area contributed by atoms with Gasteiger partial charge < -0.3 is 19.8 Å². The van der Waals surface area contributed by atoms with Gasteiger partial charge in [0, 0.05) is 22.7 Å². The van der Waals surface area contributed by atoms with Crippen LogP contribution in [0.1, 0.15) is 56.9 Å². The fourth-order valence-corrected chi connectivity index (χ4v) is 6.58. The molecule has 13 nitrogen and oxygen atoms in total. The molecule has 42 heavy (non-hydrogen) atoms. The molecule has 5 rings (SSSR count). The molecule has 0 fully saturated rings. The number of anilines is 1. The summed E-state index contributed by atoms with van der Waals surface area (Å²) in [7, 11) is 0. The SMILES string of the molecule is CCOC(=O)c1c(NC(=O)CSc2nnc(CNC(=O)c3ccco3)n2-c2ccc([N+](=O)[O-])cc2)sc2c1CCCC2. The number of rotatable bonds is 11. The summed E-state index contributed by atoms with van der Waals surface area (Å²) in [5.74, 6) is -0.853. The van der Waals surface area contributed by atoms with Crippen LogP contribution in [0.25, 0.3) is 5.69 Å². The number of hydrogen-bond acceptors (Lipinski definition) is 11. The summed E-state index contributed by atoms with van der Waals surface area (Å²) >= 11 is 2.50. The van der Waals surface area contributed by atoms with Gasteiger partial charge in [-0.3, -0.25) is 24.3 Å². The average molecular weight is 611 g/mol. The first-order valence-corrected chi connectivity index (χ1v) is 14.9. The summed E-state index contributed by atoms with van der Waals surface area (Å²) < 4.78 is 12.0. The van der Waals surface area contributed by atoms with Crippen molar-refractivity contribution in [2.45, 2.75) is 44.3 Å². The van der Waals surface area contributed by atoms with Crippen molar-refractivity contribution in [1.29, 1.82) is 0 Å². The molecule has 0 spiro atoms. The average Bonchev–Trinajstić information content (AvgIpc) is 3.74. The number of nitrogens with zero attached hydrogens (tertiary/aromatic N) is 4. The Balaban J connectivity index is 1.35. The number of carbonyl (C=O) groups excluding carboxylic acids is 3. The Bertz CT molecular complexity index is 1610. The molecule has 4 aromatic rings. The summed E-state index contributed by atoms with van der Waals surface area (Å²) in [5, 5.41) is 25.9. The topological polar surface area (TPSA) is 171 Å². The molecule has 0 atom stereocenters. The lowest BCUT2D eigenvalue weighted by atomic mass is 9.95. The van der Waals surface area contributed by atoms with Crippen LogP contribution in [0.3, 0.4) is 0 Å². The third-order valence-corrected chi connectivity index (χ3v) is 8.54. The lowest BCUT2D eigenvalue weighted by Gasteiger charge is -2.12. The number of non-ortho nitro benzene ring substituents is 1. The molecule has 0 unspecified atom stereocenters. The van der Waals surface area contributed by atoms with Crippen molar-refractivity contribution < 1.29 is 28.5 Å².